The molecule has 3 atom stereocenters. The topological polar surface area (TPSA) is 66.4 Å². The van der Waals surface area contributed by atoms with Crippen LogP contribution in [-0.2, 0) is 17.6 Å². The van der Waals surface area contributed by atoms with Crippen molar-refractivity contribution in [3.05, 3.63) is 70.8 Å². The van der Waals surface area contributed by atoms with Gasteiger partial charge in [-0.25, -0.2) is 4.79 Å². The molecule has 1 amide bonds. The van der Waals surface area contributed by atoms with Gasteiger partial charge < -0.3 is 10.4 Å². The Morgan fingerprint density at radius 2 is 1.83 bits per heavy atom. The minimum atomic E-state index is -0.931. The van der Waals surface area contributed by atoms with Crippen LogP contribution in [0.3, 0.4) is 0 Å². The number of benzene rings is 2. The number of rotatable bonds is 5. The minimum Gasteiger partial charge on any atom is -0.478 e. The fraction of sp³-hybridized carbons (Fsp3) is 0.300. The summed E-state index contributed by atoms with van der Waals surface area (Å²) in [6, 6.07) is 15.5. The molecule has 0 aliphatic heterocycles. The molecule has 2 aromatic rings. The van der Waals surface area contributed by atoms with Gasteiger partial charge in [-0.15, -0.1) is 0 Å². The van der Waals surface area contributed by atoms with Gasteiger partial charge in [0.2, 0.25) is 5.91 Å². The Bertz CT molecular complexity index is 797. The molecule has 2 aliphatic carbocycles. The molecule has 1 saturated carbocycles. The summed E-state index contributed by atoms with van der Waals surface area (Å²) < 4.78 is 0. The van der Waals surface area contributed by atoms with Crippen molar-refractivity contribution in [3.8, 4) is 0 Å². The molecule has 4 nitrogen and oxygen atoms in total. The van der Waals surface area contributed by atoms with Crippen LogP contribution in [0.1, 0.15) is 39.4 Å². The third-order valence-corrected chi connectivity index (χ3v) is 5.21. The first-order valence-corrected chi connectivity index (χ1v) is 8.33. The second kappa shape index (κ2) is 5.78. The van der Waals surface area contributed by atoms with E-state index >= 15 is 0 Å². The molecule has 122 valence electrons. The average Bonchev–Trinajstić information content (AvgIpc) is 3.10. The van der Waals surface area contributed by atoms with Gasteiger partial charge in [0.05, 0.1) is 5.56 Å². The van der Waals surface area contributed by atoms with E-state index in [0.717, 1.165) is 12.0 Å². The predicted octanol–water partition coefficient (Wildman–Crippen LogP) is 2.77. The highest BCUT2D eigenvalue weighted by molar-refractivity contribution is 5.87. The molecule has 1 fully saturated rings. The SMILES string of the molecule is O=C(CCc1ccc(C(=O)O)cc1)N[C@@H]1[C@H]2Cc3ccccc3[C@H]21. The van der Waals surface area contributed by atoms with Crippen LogP contribution >= 0.6 is 0 Å². The number of aryl methyl sites for hydroxylation is 1. The van der Waals surface area contributed by atoms with Crippen LogP contribution in [0.15, 0.2) is 48.5 Å². The number of fused-ring (bicyclic) bond motifs is 3. The van der Waals surface area contributed by atoms with Crippen LogP contribution < -0.4 is 5.32 Å². The molecule has 2 aromatic carbocycles. The predicted molar refractivity (Wildman–Crippen MR) is 90.0 cm³/mol. The van der Waals surface area contributed by atoms with Gasteiger partial charge in [-0.1, -0.05) is 36.4 Å². The second-order valence-electron chi connectivity index (χ2n) is 6.69. The van der Waals surface area contributed by atoms with Crippen molar-refractivity contribution < 1.29 is 14.7 Å². The van der Waals surface area contributed by atoms with E-state index in [9.17, 15) is 9.59 Å². The molecule has 2 N–H and O–H groups in total. The van der Waals surface area contributed by atoms with Gasteiger partial charge >= 0.3 is 5.97 Å². The van der Waals surface area contributed by atoms with Crippen molar-refractivity contribution >= 4 is 11.9 Å². The summed E-state index contributed by atoms with van der Waals surface area (Å²) in [5.74, 6) is 0.218. The van der Waals surface area contributed by atoms with Gasteiger partial charge in [-0.2, -0.15) is 0 Å². The summed E-state index contributed by atoms with van der Waals surface area (Å²) in [6.45, 7) is 0. The maximum absolute atomic E-state index is 12.2. The molecule has 0 bridgehead atoms. The summed E-state index contributed by atoms with van der Waals surface area (Å²) in [4.78, 5) is 23.0. The van der Waals surface area contributed by atoms with Crippen LogP contribution in [0.25, 0.3) is 0 Å². The number of carbonyl (C=O) groups excluding carboxylic acids is 1. The third kappa shape index (κ3) is 2.68. The molecular formula is C20H19NO3. The van der Waals surface area contributed by atoms with Gasteiger partial charge in [0.15, 0.2) is 0 Å². The van der Waals surface area contributed by atoms with Crippen LogP contribution in [0, 0.1) is 5.92 Å². The Morgan fingerprint density at radius 3 is 2.58 bits per heavy atom. The number of carbonyl (C=O) groups is 2. The van der Waals surface area contributed by atoms with Crippen molar-refractivity contribution in [1.82, 2.24) is 5.32 Å². The maximum Gasteiger partial charge on any atom is 0.335 e. The van der Waals surface area contributed by atoms with Gasteiger partial charge in [-0.05, 0) is 47.6 Å². The molecule has 4 heteroatoms. The Kier molecular flexibility index (Phi) is 3.60. The van der Waals surface area contributed by atoms with Crippen molar-refractivity contribution in [1.29, 1.82) is 0 Å². The second-order valence-corrected chi connectivity index (χ2v) is 6.69. The summed E-state index contributed by atoms with van der Waals surface area (Å²) in [5, 5.41) is 12.0. The average molecular weight is 321 g/mol. The van der Waals surface area contributed by atoms with Gasteiger partial charge in [0.1, 0.15) is 0 Å². The van der Waals surface area contributed by atoms with Gasteiger partial charge in [0, 0.05) is 18.4 Å². The Labute approximate surface area is 140 Å². The lowest BCUT2D eigenvalue weighted by Gasteiger charge is -2.09. The van der Waals surface area contributed by atoms with E-state index in [2.05, 4.69) is 29.6 Å². The zero-order valence-corrected chi connectivity index (χ0v) is 13.2. The molecule has 2 aliphatic rings. The fourth-order valence-electron chi connectivity index (χ4n) is 3.88. The number of carboxylic acids is 1. The lowest BCUT2D eigenvalue weighted by atomic mass is 10.0. The number of hydrogen-bond donors (Lipinski definition) is 2. The van der Waals surface area contributed by atoms with Crippen molar-refractivity contribution in [2.24, 2.45) is 5.92 Å². The monoisotopic (exact) mass is 321 g/mol. The number of hydrogen-bond acceptors (Lipinski definition) is 2. The number of aromatic carboxylic acids is 1. The van der Waals surface area contributed by atoms with Crippen LogP contribution in [0.4, 0.5) is 0 Å². The summed E-state index contributed by atoms with van der Waals surface area (Å²) in [5.41, 5.74) is 4.08. The summed E-state index contributed by atoms with van der Waals surface area (Å²) in [7, 11) is 0. The number of nitrogens with one attached hydrogen (secondary N) is 1. The number of amides is 1. The third-order valence-electron chi connectivity index (χ3n) is 5.21. The first-order valence-electron chi connectivity index (χ1n) is 8.33. The molecule has 0 saturated heterocycles. The van der Waals surface area contributed by atoms with E-state index in [0.29, 0.717) is 30.7 Å². The van der Waals surface area contributed by atoms with Crippen molar-refractivity contribution in [2.45, 2.75) is 31.2 Å². The summed E-state index contributed by atoms with van der Waals surface area (Å²) >= 11 is 0. The van der Waals surface area contributed by atoms with Crippen LogP contribution in [0.5, 0.6) is 0 Å². The normalized spacial score (nSPS) is 23.2. The molecule has 0 spiro atoms. The fourth-order valence-corrected chi connectivity index (χ4v) is 3.88. The zero-order valence-electron chi connectivity index (χ0n) is 13.2. The highest BCUT2D eigenvalue weighted by atomic mass is 16.4. The Morgan fingerprint density at radius 1 is 1.08 bits per heavy atom. The standard InChI is InChI=1S/C20H19NO3/c22-17(10-7-12-5-8-13(9-6-12)20(23)24)21-19-16-11-14-3-1-2-4-15(14)18(16)19/h1-6,8-9,16,18-19H,7,10-11H2,(H,21,22)(H,23,24)/t16-,18+,19+/m0/s1. The highest BCUT2D eigenvalue weighted by Gasteiger charge is 2.56. The largest absolute Gasteiger partial charge is 0.478 e. The van der Waals surface area contributed by atoms with E-state index in [-0.39, 0.29) is 11.5 Å². The molecule has 0 heterocycles. The quantitative estimate of drug-likeness (QED) is 0.890. The molecule has 24 heavy (non-hydrogen) atoms. The lowest BCUT2D eigenvalue weighted by molar-refractivity contribution is -0.121. The van der Waals surface area contributed by atoms with Gasteiger partial charge in [0.25, 0.3) is 0 Å². The van der Waals surface area contributed by atoms with E-state index in [1.54, 1.807) is 24.3 Å². The van der Waals surface area contributed by atoms with E-state index in [1.165, 1.54) is 11.1 Å². The summed E-state index contributed by atoms with van der Waals surface area (Å²) in [6.07, 6.45) is 2.14. The molecule has 0 radical (unpaired) electrons. The highest BCUT2D eigenvalue weighted by Crippen LogP contribution is 2.56. The molecular weight excluding hydrogens is 302 g/mol. The Hall–Kier alpha value is -2.62. The van der Waals surface area contributed by atoms with Gasteiger partial charge in [-0.3, -0.25) is 4.79 Å². The number of carboxylic acid groups (broad SMARTS) is 1. The Balaban J connectivity index is 1.29. The van der Waals surface area contributed by atoms with Crippen LogP contribution in [-0.4, -0.2) is 23.0 Å². The molecule has 4 rings (SSSR count). The first kappa shape index (κ1) is 14.9. The van der Waals surface area contributed by atoms with E-state index in [1.807, 2.05) is 0 Å². The smallest absolute Gasteiger partial charge is 0.335 e. The zero-order chi connectivity index (χ0) is 16.7. The minimum absolute atomic E-state index is 0.0780. The van der Waals surface area contributed by atoms with Crippen molar-refractivity contribution in [2.75, 3.05) is 0 Å². The van der Waals surface area contributed by atoms with Crippen LogP contribution in [0.2, 0.25) is 0 Å². The first-order chi connectivity index (χ1) is 11.6. The lowest BCUT2D eigenvalue weighted by Crippen LogP contribution is -2.28. The maximum atomic E-state index is 12.2. The van der Waals surface area contributed by atoms with Crippen molar-refractivity contribution in [3.63, 3.8) is 0 Å². The van der Waals surface area contributed by atoms with E-state index in [4.69, 9.17) is 5.11 Å². The molecule has 0 unspecified atom stereocenters. The molecule has 0 aromatic heterocycles. The van der Waals surface area contributed by atoms with E-state index < -0.39 is 5.97 Å².